The Kier molecular flexibility index (Phi) is 9.00. The number of hydrogen-bond donors (Lipinski definition) is 2. The van der Waals surface area contributed by atoms with Crippen LogP contribution in [0.1, 0.15) is 19.8 Å². The average molecular weight is 186 g/mol. The lowest BCUT2D eigenvalue weighted by Crippen LogP contribution is -2.31. The van der Waals surface area contributed by atoms with E-state index in [1.54, 1.807) is 0 Å². The van der Waals surface area contributed by atoms with Crippen molar-refractivity contribution < 1.29 is 9.84 Å². The highest BCUT2D eigenvalue weighted by molar-refractivity contribution is 4.79. The first kappa shape index (κ1) is 12.4. The van der Waals surface area contributed by atoms with E-state index < -0.39 is 0 Å². The van der Waals surface area contributed by atoms with Gasteiger partial charge in [-0.05, 0) is 6.42 Å². The molecular weight excluding hydrogens is 168 g/mol. The molecule has 1 atom stereocenters. The summed E-state index contributed by atoms with van der Waals surface area (Å²) >= 11 is 0. The summed E-state index contributed by atoms with van der Waals surface area (Å²) in [5, 5.41) is 20.1. The van der Waals surface area contributed by atoms with Crippen LogP contribution in [0.5, 0.6) is 0 Å². The number of nitriles is 1. The molecule has 0 aliphatic heterocycles. The Morgan fingerprint density at radius 1 is 1.54 bits per heavy atom. The first-order valence-corrected chi connectivity index (χ1v) is 4.64. The first-order chi connectivity index (χ1) is 6.35. The van der Waals surface area contributed by atoms with Gasteiger partial charge in [0.25, 0.3) is 0 Å². The Hall–Kier alpha value is -0.630. The Morgan fingerprint density at radius 2 is 2.31 bits per heavy atom. The lowest BCUT2D eigenvalue weighted by molar-refractivity contribution is 0.0925. The van der Waals surface area contributed by atoms with Gasteiger partial charge in [-0.15, -0.1) is 0 Å². The Balaban J connectivity index is 3.23. The topological polar surface area (TPSA) is 65.3 Å². The summed E-state index contributed by atoms with van der Waals surface area (Å²) in [5.74, 6) is 0. The van der Waals surface area contributed by atoms with Gasteiger partial charge in [-0.3, -0.25) is 0 Å². The van der Waals surface area contributed by atoms with Crippen molar-refractivity contribution in [3.63, 3.8) is 0 Å². The quantitative estimate of drug-likeness (QED) is 0.534. The molecule has 0 bridgehead atoms. The van der Waals surface area contributed by atoms with Crippen LogP contribution in [0.3, 0.4) is 0 Å². The van der Waals surface area contributed by atoms with E-state index in [1.165, 1.54) is 0 Å². The largest absolute Gasteiger partial charge is 0.394 e. The molecule has 1 unspecified atom stereocenters. The molecule has 0 aromatic rings. The lowest BCUT2D eigenvalue weighted by atomic mass is 10.2. The van der Waals surface area contributed by atoms with Gasteiger partial charge in [0.05, 0.1) is 32.3 Å². The van der Waals surface area contributed by atoms with E-state index in [-0.39, 0.29) is 12.6 Å². The highest BCUT2D eigenvalue weighted by atomic mass is 16.5. The molecule has 4 nitrogen and oxygen atoms in total. The molecule has 0 saturated carbocycles. The van der Waals surface area contributed by atoms with Crippen molar-refractivity contribution in [2.24, 2.45) is 0 Å². The van der Waals surface area contributed by atoms with Crippen LogP contribution in [-0.2, 0) is 4.74 Å². The molecule has 76 valence electrons. The predicted molar refractivity (Wildman–Crippen MR) is 50.2 cm³/mol. The van der Waals surface area contributed by atoms with Gasteiger partial charge >= 0.3 is 0 Å². The van der Waals surface area contributed by atoms with Crippen molar-refractivity contribution in [1.82, 2.24) is 5.32 Å². The van der Waals surface area contributed by atoms with Gasteiger partial charge in [-0.25, -0.2) is 0 Å². The standard InChI is InChI=1S/C9H18N2O2/c1-2-9(3-4-10)11-5-7-13-8-6-12/h9,11-12H,2-3,5-8H2,1H3. The lowest BCUT2D eigenvalue weighted by Gasteiger charge is -2.12. The van der Waals surface area contributed by atoms with Crippen LogP contribution in [0, 0.1) is 11.3 Å². The molecule has 0 aliphatic rings. The van der Waals surface area contributed by atoms with Crippen LogP contribution in [0.25, 0.3) is 0 Å². The second-order valence-electron chi connectivity index (χ2n) is 2.76. The summed E-state index contributed by atoms with van der Waals surface area (Å²) in [7, 11) is 0. The van der Waals surface area contributed by atoms with Crippen LogP contribution in [0.2, 0.25) is 0 Å². The number of rotatable bonds is 8. The van der Waals surface area contributed by atoms with Gasteiger partial charge in [0.2, 0.25) is 0 Å². The smallest absolute Gasteiger partial charge is 0.0698 e. The summed E-state index contributed by atoms with van der Waals surface area (Å²) in [5.41, 5.74) is 0. The maximum Gasteiger partial charge on any atom is 0.0698 e. The summed E-state index contributed by atoms with van der Waals surface area (Å²) in [4.78, 5) is 0. The number of ether oxygens (including phenoxy) is 1. The predicted octanol–water partition coefficient (Wildman–Crippen LogP) is 0.277. The Labute approximate surface area is 79.5 Å². The molecule has 0 saturated heterocycles. The molecule has 0 aliphatic carbocycles. The maximum atomic E-state index is 8.45. The van der Waals surface area contributed by atoms with Crippen LogP contribution in [-0.4, -0.2) is 37.5 Å². The Morgan fingerprint density at radius 3 is 2.85 bits per heavy atom. The normalized spacial score (nSPS) is 12.4. The third kappa shape index (κ3) is 7.72. The molecule has 0 heterocycles. The molecule has 0 aromatic heterocycles. The van der Waals surface area contributed by atoms with Crippen molar-refractivity contribution >= 4 is 0 Å². The maximum absolute atomic E-state index is 8.45. The molecule has 0 aromatic carbocycles. The SMILES string of the molecule is CCC(CC#N)NCCOCCO. The van der Waals surface area contributed by atoms with Crippen molar-refractivity contribution in [3.8, 4) is 6.07 Å². The minimum atomic E-state index is 0.0649. The molecule has 13 heavy (non-hydrogen) atoms. The van der Waals surface area contributed by atoms with Gasteiger partial charge in [0.15, 0.2) is 0 Å². The van der Waals surface area contributed by atoms with Gasteiger partial charge < -0.3 is 15.2 Å². The highest BCUT2D eigenvalue weighted by Crippen LogP contribution is 1.94. The summed E-state index contributed by atoms with van der Waals surface area (Å²) in [6, 6.07) is 2.39. The van der Waals surface area contributed by atoms with Crippen LogP contribution in [0.4, 0.5) is 0 Å². The van der Waals surface area contributed by atoms with Gasteiger partial charge in [0.1, 0.15) is 0 Å². The van der Waals surface area contributed by atoms with Crippen molar-refractivity contribution in [2.45, 2.75) is 25.8 Å². The molecule has 0 rings (SSSR count). The van der Waals surface area contributed by atoms with E-state index >= 15 is 0 Å². The van der Waals surface area contributed by atoms with Crippen molar-refractivity contribution in [1.29, 1.82) is 5.26 Å². The number of hydrogen-bond acceptors (Lipinski definition) is 4. The summed E-state index contributed by atoms with van der Waals surface area (Å²) < 4.78 is 5.06. The van der Waals surface area contributed by atoms with E-state index in [0.717, 1.165) is 13.0 Å². The second kappa shape index (κ2) is 9.46. The van der Waals surface area contributed by atoms with E-state index in [9.17, 15) is 0 Å². The molecule has 0 fully saturated rings. The zero-order valence-corrected chi connectivity index (χ0v) is 8.12. The number of aliphatic hydroxyl groups is 1. The summed E-state index contributed by atoms with van der Waals surface area (Å²) in [6.07, 6.45) is 1.49. The monoisotopic (exact) mass is 186 g/mol. The third-order valence-electron chi connectivity index (χ3n) is 1.75. The van der Waals surface area contributed by atoms with Crippen molar-refractivity contribution in [2.75, 3.05) is 26.4 Å². The molecule has 0 radical (unpaired) electrons. The van der Waals surface area contributed by atoms with E-state index in [2.05, 4.69) is 11.4 Å². The number of aliphatic hydroxyl groups excluding tert-OH is 1. The van der Waals surface area contributed by atoms with E-state index in [0.29, 0.717) is 19.6 Å². The van der Waals surface area contributed by atoms with Gasteiger partial charge in [-0.2, -0.15) is 5.26 Å². The molecule has 0 spiro atoms. The number of nitrogens with one attached hydrogen (secondary N) is 1. The van der Waals surface area contributed by atoms with Gasteiger partial charge in [0, 0.05) is 12.6 Å². The van der Waals surface area contributed by atoms with Crippen LogP contribution < -0.4 is 5.32 Å². The fraction of sp³-hybridized carbons (Fsp3) is 0.889. The number of nitrogens with zero attached hydrogens (tertiary/aromatic N) is 1. The fourth-order valence-electron chi connectivity index (χ4n) is 0.973. The minimum Gasteiger partial charge on any atom is -0.394 e. The highest BCUT2D eigenvalue weighted by Gasteiger charge is 2.02. The van der Waals surface area contributed by atoms with Crippen LogP contribution >= 0.6 is 0 Å². The molecule has 0 amide bonds. The van der Waals surface area contributed by atoms with Gasteiger partial charge in [-0.1, -0.05) is 6.92 Å². The summed E-state index contributed by atoms with van der Waals surface area (Å²) in [6.45, 7) is 3.82. The van der Waals surface area contributed by atoms with E-state index in [1.807, 2.05) is 6.92 Å². The Bertz CT molecular complexity index is 145. The molecule has 4 heteroatoms. The first-order valence-electron chi connectivity index (χ1n) is 4.64. The van der Waals surface area contributed by atoms with Crippen molar-refractivity contribution in [3.05, 3.63) is 0 Å². The second-order valence-corrected chi connectivity index (χ2v) is 2.76. The fourth-order valence-corrected chi connectivity index (χ4v) is 0.973. The zero-order chi connectivity index (χ0) is 9.94. The molecular formula is C9H18N2O2. The van der Waals surface area contributed by atoms with Crippen LogP contribution in [0.15, 0.2) is 0 Å². The third-order valence-corrected chi connectivity index (χ3v) is 1.75. The molecule has 2 N–H and O–H groups in total. The zero-order valence-electron chi connectivity index (χ0n) is 8.12. The average Bonchev–Trinajstić information content (AvgIpc) is 2.16. The van der Waals surface area contributed by atoms with E-state index in [4.69, 9.17) is 15.1 Å². The minimum absolute atomic E-state index is 0.0649.